The van der Waals surface area contributed by atoms with Gasteiger partial charge < -0.3 is 4.74 Å². The van der Waals surface area contributed by atoms with E-state index in [9.17, 15) is 0 Å². The van der Waals surface area contributed by atoms with Crippen LogP contribution in [-0.2, 0) is 4.74 Å². The van der Waals surface area contributed by atoms with Crippen LogP contribution in [0.2, 0.25) is 0 Å². The van der Waals surface area contributed by atoms with Gasteiger partial charge in [0, 0.05) is 6.42 Å². The lowest BCUT2D eigenvalue weighted by molar-refractivity contribution is 0.281. The number of hydrogen-bond acceptors (Lipinski definition) is 1. The predicted molar refractivity (Wildman–Crippen MR) is 49.4 cm³/mol. The van der Waals surface area contributed by atoms with Gasteiger partial charge in [0.05, 0.1) is 12.9 Å². The van der Waals surface area contributed by atoms with Gasteiger partial charge in [0.2, 0.25) is 0 Å². The minimum absolute atomic E-state index is 0.962. The van der Waals surface area contributed by atoms with E-state index in [-0.39, 0.29) is 0 Å². The standard InChI is InChI=1S/C10H18O/c1-5-9(3)7-8-10(6-2)11-4/h7-8H,5-6H2,1-4H3/b9-7+,10-8+. The van der Waals surface area contributed by atoms with Crippen molar-refractivity contribution < 1.29 is 4.74 Å². The van der Waals surface area contributed by atoms with Gasteiger partial charge in [0.1, 0.15) is 0 Å². The third-order valence-electron chi connectivity index (χ3n) is 1.72. The fraction of sp³-hybridized carbons (Fsp3) is 0.600. The minimum Gasteiger partial charge on any atom is -0.501 e. The molecular formula is C10H18O. The Kier molecular flexibility index (Phi) is 5.63. The van der Waals surface area contributed by atoms with E-state index in [0.717, 1.165) is 18.6 Å². The van der Waals surface area contributed by atoms with Crippen molar-refractivity contribution in [2.75, 3.05) is 7.11 Å². The molecule has 0 aromatic carbocycles. The molecule has 0 aliphatic carbocycles. The van der Waals surface area contributed by atoms with E-state index in [0.29, 0.717) is 0 Å². The Morgan fingerprint density at radius 3 is 2.18 bits per heavy atom. The van der Waals surface area contributed by atoms with E-state index in [4.69, 9.17) is 4.74 Å². The molecule has 0 N–H and O–H groups in total. The summed E-state index contributed by atoms with van der Waals surface area (Å²) in [7, 11) is 1.71. The van der Waals surface area contributed by atoms with Crippen LogP contribution in [0.5, 0.6) is 0 Å². The molecule has 0 unspecified atom stereocenters. The molecule has 64 valence electrons. The second-order valence-corrected chi connectivity index (χ2v) is 2.56. The summed E-state index contributed by atoms with van der Waals surface area (Å²) >= 11 is 0. The summed E-state index contributed by atoms with van der Waals surface area (Å²) in [4.78, 5) is 0. The molecular weight excluding hydrogens is 136 g/mol. The first-order chi connectivity index (χ1) is 5.24. The van der Waals surface area contributed by atoms with Crippen molar-refractivity contribution in [3.63, 3.8) is 0 Å². The summed E-state index contributed by atoms with van der Waals surface area (Å²) in [5.41, 5.74) is 1.38. The van der Waals surface area contributed by atoms with Crippen LogP contribution >= 0.6 is 0 Å². The van der Waals surface area contributed by atoms with Crippen molar-refractivity contribution >= 4 is 0 Å². The summed E-state index contributed by atoms with van der Waals surface area (Å²) in [5, 5.41) is 0. The molecule has 0 aliphatic heterocycles. The molecule has 0 spiro atoms. The molecule has 0 atom stereocenters. The quantitative estimate of drug-likeness (QED) is 0.446. The van der Waals surface area contributed by atoms with Crippen molar-refractivity contribution in [2.24, 2.45) is 0 Å². The third kappa shape index (κ3) is 4.65. The molecule has 0 aliphatic rings. The van der Waals surface area contributed by atoms with E-state index in [2.05, 4.69) is 26.8 Å². The highest BCUT2D eigenvalue weighted by Crippen LogP contribution is 2.04. The summed E-state index contributed by atoms with van der Waals surface area (Å²) in [6, 6.07) is 0. The van der Waals surface area contributed by atoms with Gasteiger partial charge in [-0.05, 0) is 19.4 Å². The number of allylic oxidation sites excluding steroid dienone is 4. The number of rotatable bonds is 4. The van der Waals surface area contributed by atoms with Gasteiger partial charge in [0.25, 0.3) is 0 Å². The lowest BCUT2D eigenvalue weighted by atomic mass is 10.2. The van der Waals surface area contributed by atoms with E-state index in [1.165, 1.54) is 5.57 Å². The number of ether oxygens (including phenoxy) is 1. The van der Waals surface area contributed by atoms with E-state index >= 15 is 0 Å². The fourth-order valence-electron chi connectivity index (χ4n) is 0.683. The zero-order valence-corrected chi connectivity index (χ0v) is 7.98. The molecule has 0 radical (unpaired) electrons. The topological polar surface area (TPSA) is 9.23 Å². The van der Waals surface area contributed by atoms with Crippen molar-refractivity contribution in [1.29, 1.82) is 0 Å². The van der Waals surface area contributed by atoms with Crippen molar-refractivity contribution in [3.8, 4) is 0 Å². The van der Waals surface area contributed by atoms with E-state index in [1.807, 2.05) is 6.08 Å². The van der Waals surface area contributed by atoms with Gasteiger partial charge in [0.15, 0.2) is 0 Å². The highest BCUT2D eigenvalue weighted by atomic mass is 16.5. The minimum atomic E-state index is 0.962. The van der Waals surface area contributed by atoms with Gasteiger partial charge in [-0.1, -0.05) is 25.5 Å². The zero-order valence-electron chi connectivity index (χ0n) is 7.98. The van der Waals surface area contributed by atoms with Crippen LogP contribution in [0.25, 0.3) is 0 Å². The smallest absolute Gasteiger partial charge is 0.0952 e. The summed E-state index contributed by atoms with van der Waals surface area (Å²) in [5.74, 6) is 1.04. The van der Waals surface area contributed by atoms with Gasteiger partial charge in [-0.15, -0.1) is 0 Å². The summed E-state index contributed by atoms with van der Waals surface area (Å²) in [6.45, 7) is 6.36. The molecule has 0 heterocycles. The molecule has 1 heteroatoms. The van der Waals surface area contributed by atoms with Crippen LogP contribution in [0, 0.1) is 0 Å². The lowest BCUT2D eigenvalue weighted by Crippen LogP contribution is -1.82. The first-order valence-corrected chi connectivity index (χ1v) is 4.14. The van der Waals surface area contributed by atoms with Crippen LogP contribution in [0.3, 0.4) is 0 Å². The average Bonchev–Trinajstić information content (AvgIpc) is 2.06. The van der Waals surface area contributed by atoms with Crippen LogP contribution < -0.4 is 0 Å². The van der Waals surface area contributed by atoms with Crippen LogP contribution in [0.15, 0.2) is 23.5 Å². The molecule has 0 aromatic heterocycles. The van der Waals surface area contributed by atoms with Gasteiger partial charge in [-0.3, -0.25) is 0 Å². The Balaban J connectivity index is 4.06. The monoisotopic (exact) mass is 154 g/mol. The maximum atomic E-state index is 5.11. The largest absolute Gasteiger partial charge is 0.501 e. The lowest BCUT2D eigenvalue weighted by Gasteiger charge is -2.00. The molecule has 0 fully saturated rings. The van der Waals surface area contributed by atoms with Crippen molar-refractivity contribution in [1.82, 2.24) is 0 Å². The fourth-order valence-corrected chi connectivity index (χ4v) is 0.683. The Bertz CT molecular complexity index is 148. The Morgan fingerprint density at radius 2 is 1.82 bits per heavy atom. The third-order valence-corrected chi connectivity index (χ3v) is 1.72. The molecule has 0 saturated carbocycles. The molecule has 1 nitrogen and oxygen atoms in total. The maximum Gasteiger partial charge on any atom is 0.0952 e. The van der Waals surface area contributed by atoms with Crippen LogP contribution in [0.1, 0.15) is 33.6 Å². The Morgan fingerprint density at radius 1 is 1.18 bits per heavy atom. The maximum absolute atomic E-state index is 5.11. The van der Waals surface area contributed by atoms with E-state index in [1.54, 1.807) is 7.11 Å². The molecule has 0 amide bonds. The van der Waals surface area contributed by atoms with Crippen LogP contribution in [0.4, 0.5) is 0 Å². The van der Waals surface area contributed by atoms with Gasteiger partial charge in [-0.25, -0.2) is 0 Å². The van der Waals surface area contributed by atoms with Gasteiger partial charge in [-0.2, -0.15) is 0 Å². The predicted octanol–water partition coefficient (Wildman–Crippen LogP) is 3.28. The highest BCUT2D eigenvalue weighted by Gasteiger charge is 1.87. The van der Waals surface area contributed by atoms with Crippen molar-refractivity contribution in [2.45, 2.75) is 33.6 Å². The second-order valence-electron chi connectivity index (χ2n) is 2.56. The van der Waals surface area contributed by atoms with Gasteiger partial charge >= 0.3 is 0 Å². The highest BCUT2D eigenvalue weighted by molar-refractivity contribution is 5.12. The number of methoxy groups -OCH3 is 1. The second kappa shape index (κ2) is 6.02. The summed E-state index contributed by atoms with van der Waals surface area (Å²) in [6.07, 6.45) is 6.22. The zero-order chi connectivity index (χ0) is 8.69. The normalized spacial score (nSPS) is 13.5. The molecule has 0 rings (SSSR count). The summed E-state index contributed by atoms with van der Waals surface area (Å²) < 4.78 is 5.11. The Hall–Kier alpha value is -0.720. The molecule has 0 saturated heterocycles. The SMILES string of the molecule is CC/C(C)=C/C=C(\CC)OC. The van der Waals surface area contributed by atoms with Crippen molar-refractivity contribution in [3.05, 3.63) is 23.5 Å². The van der Waals surface area contributed by atoms with E-state index < -0.39 is 0 Å². The van der Waals surface area contributed by atoms with Crippen LogP contribution in [-0.4, -0.2) is 7.11 Å². The molecule has 0 aromatic rings. The first-order valence-electron chi connectivity index (χ1n) is 4.14. The first kappa shape index (κ1) is 10.3. The average molecular weight is 154 g/mol. The molecule has 0 bridgehead atoms. The molecule has 11 heavy (non-hydrogen) atoms. The number of hydrogen-bond donors (Lipinski definition) is 0. The Labute approximate surface area is 69.8 Å².